The Morgan fingerprint density at radius 2 is 1.85 bits per heavy atom. The summed E-state index contributed by atoms with van der Waals surface area (Å²) in [5.74, 6) is 5.18. The quantitative estimate of drug-likeness (QED) is 0.407. The zero-order valence-corrected chi connectivity index (χ0v) is 10.9. The fourth-order valence-electron chi connectivity index (χ4n) is 1.63. The topological polar surface area (TPSA) is 89.5 Å². The third-order valence-electron chi connectivity index (χ3n) is 2.65. The number of para-hydroxylation sites is 1. The maximum atomic E-state index is 12.2. The van der Waals surface area contributed by atoms with Crippen LogP contribution in [0.3, 0.4) is 0 Å². The van der Waals surface area contributed by atoms with Gasteiger partial charge in [-0.05, 0) is 18.2 Å². The van der Waals surface area contributed by atoms with Crippen LogP contribution in [0, 0.1) is 10.1 Å². The highest BCUT2D eigenvalue weighted by molar-refractivity contribution is 6.34. The summed E-state index contributed by atoms with van der Waals surface area (Å²) in [6.45, 7) is 0. The predicted molar refractivity (Wildman–Crippen MR) is 75.5 cm³/mol. The van der Waals surface area contributed by atoms with E-state index in [0.29, 0.717) is 5.69 Å². The molecule has 0 saturated carbocycles. The molecule has 0 heterocycles. The van der Waals surface area contributed by atoms with Crippen molar-refractivity contribution in [3.8, 4) is 0 Å². The maximum absolute atomic E-state index is 12.2. The first-order valence-electron chi connectivity index (χ1n) is 5.59. The Balaban J connectivity index is 2.32. The minimum absolute atomic E-state index is 0.0180. The van der Waals surface area contributed by atoms with Crippen LogP contribution in [0.1, 0.15) is 10.4 Å². The molecule has 0 bridgehead atoms. The summed E-state index contributed by atoms with van der Waals surface area (Å²) in [5, 5.41) is 11.5. The van der Waals surface area contributed by atoms with Gasteiger partial charge in [-0.2, -0.15) is 0 Å². The third-order valence-corrected chi connectivity index (χ3v) is 2.96. The van der Waals surface area contributed by atoms with Crippen LogP contribution in [0.2, 0.25) is 5.02 Å². The molecule has 0 unspecified atom stereocenters. The van der Waals surface area contributed by atoms with E-state index in [9.17, 15) is 14.9 Å². The molecule has 0 aliphatic carbocycles. The van der Waals surface area contributed by atoms with Gasteiger partial charge in [-0.25, -0.2) is 10.9 Å². The number of hydrazine groups is 1. The minimum Gasteiger partial charge on any atom is -0.267 e. The highest BCUT2D eigenvalue weighted by Gasteiger charge is 2.19. The van der Waals surface area contributed by atoms with Crippen molar-refractivity contribution in [3.05, 3.63) is 69.2 Å². The van der Waals surface area contributed by atoms with Gasteiger partial charge >= 0.3 is 0 Å². The summed E-state index contributed by atoms with van der Waals surface area (Å²) in [6.07, 6.45) is 0. The number of carbonyl (C=O) groups is 1. The molecular weight excluding hydrogens is 282 g/mol. The second kappa shape index (κ2) is 5.68. The van der Waals surface area contributed by atoms with Crippen molar-refractivity contribution in [2.24, 2.45) is 5.84 Å². The monoisotopic (exact) mass is 291 g/mol. The van der Waals surface area contributed by atoms with E-state index in [1.54, 1.807) is 30.3 Å². The molecule has 0 aromatic heterocycles. The molecule has 2 aromatic carbocycles. The van der Waals surface area contributed by atoms with Crippen LogP contribution in [0.5, 0.6) is 0 Å². The number of nitrogens with zero attached hydrogens (tertiary/aromatic N) is 2. The van der Waals surface area contributed by atoms with Crippen LogP contribution < -0.4 is 10.9 Å². The standard InChI is InChI=1S/C13H10ClN3O3/c14-12-8-10(17(19)20)6-7-11(12)13(18)16(15)9-4-2-1-3-5-9/h1-8H,15H2. The molecule has 0 radical (unpaired) electrons. The smallest absolute Gasteiger partial charge is 0.267 e. The highest BCUT2D eigenvalue weighted by atomic mass is 35.5. The fourth-order valence-corrected chi connectivity index (χ4v) is 1.88. The lowest BCUT2D eigenvalue weighted by Gasteiger charge is -2.17. The lowest BCUT2D eigenvalue weighted by atomic mass is 10.2. The van der Waals surface area contributed by atoms with Gasteiger partial charge in [0.05, 0.1) is 21.2 Å². The molecule has 102 valence electrons. The van der Waals surface area contributed by atoms with Crippen molar-refractivity contribution in [2.75, 3.05) is 5.01 Å². The average molecular weight is 292 g/mol. The van der Waals surface area contributed by atoms with Crippen molar-refractivity contribution < 1.29 is 9.72 Å². The van der Waals surface area contributed by atoms with E-state index in [1.165, 1.54) is 12.1 Å². The zero-order chi connectivity index (χ0) is 14.7. The predicted octanol–water partition coefficient (Wildman–Crippen LogP) is 2.77. The lowest BCUT2D eigenvalue weighted by molar-refractivity contribution is -0.384. The van der Waals surface area contributed by atoms with Crippen LogP contribution in [0.25, 0.3) is 0 Å². The number of rotatable bonds is 3. The summed E-state index contributed by atoms with van der Waals surface area (Å²) >= 11 is 5.89. The summed E-state index contributed by atoms with van der Waals surface area (Å²) < 4.78 is 0. The number of benzene rings is 2. The normalized spacial score (nSPS) is 10.1. The van der Waals surface area contributed by atoms with Crippen LogP contribution in [0.15, 0.2) is 48.5 Å². The fraction of sp³-hybridized carbons (Fsp3) is 0. The van der Waals surface area contributed by atoms with Crippen LogP contribution >= 0.6 is 11.6 Å². The summed E-state index contributed by atoms with van der Waals surface area (Å²) in [4.78, 5) is 22.2. The Hall–Kier alpha value is -2.44. The summed E-state index contributed by atoms with van der Waals surface area (Å²) in [6, 6.07) is 12.2. The SMILES string of the molecule is NN(C(=O)c1ccc([N+](=O)[O-])cc1Cl)c1ccccc1. The molecular formula is C13H10ClN3O3. The van der Waals surface area contributed by atoms with Crippen molar-refractivity contribution in [1.82, 2.24) is 0 Å². The highest BCUT2D eigenvalue weighted by Crippen LogP contribution is 2.24. The van der Waals surface area contributed by atoms with E-state index in [4.69, 9.17) is 17.4 Å². The third kappa shape index (κ3) is 2.76. The number of non-ortho nitro benzene ring substituents is 1. The van der Waals surface area contributed by atoms with E-state index in [0.717, 1.165) is 11.1 Å². The number of nitro groups is 1. The van der Waals surface area contributed by atoms with Gasteiger partial charge in [0.25, 0.3) is 11.6 Å². The molecule has 2 N–H and O–H groups in total. The van der Waals surface area contributed by atoms with E-state index >= 15 is 0 Å². The number of nitro benzene ring substituents is 1. The van der Waals surface area contributed by atoms with Gasteiger partial charge in [-0.3, -0.25) is 14.9 Å². The Bertz CT molecular complexity index is 661. The number of carbonyl (C=O) groups excluding carboxylic acids is 1. The summed E-state index contributed by atoms with van der Waals surface area (Å²) in [5.41, 5.74) is 0.408. The number of hydrogen-bond donors (Lipinski definition) is 1. The molecule has 20 heavy (non-hydrogen) atoms. The van der Waals surface area contributed by atoms with Gasteiger partial charge in [-0.1, -0.05) is 29.8 Å². The molecule has 2 rings (SSSR count). The molecule has 0 fully saturated rings. The van der Waals surface area contributed by atoms with Gasteiger partial charge in [0, 0.05) is 12.1 Å². The number of halogens is 1. The van der Waals surface area contributed by atoms with Crippen LogP contribution in [-0.2, 0) is 0 Å². The molecule has 0 atom stereocenters. The molecule has 0 spiro atoms. The molecule has 1 amide bonds. The minimum atomic E-state index is -0.586. The van der Waals surface area contributed by atoms with Gasteiger partial charge in [0.15, 0.2) is 0 Å². The van der Waals surface area contributed by atoms with E-state index in [1.807, 2.05) is 0 Å². The second-order valence-electron chi connectivity index (χ2n) is 3.93. The molecule has 0 saturated heterocycles. The largest absolute Gasteiger partial charge is 0.273 e. The van der Waals surface area contributed by atoms with E-state index in [-0.39, 0.29) is 16.3 Å². The van der Waals surface area contributed by atoms with Gasteiger partial charge in [0.1, 0.15) is 0 Å². The first-order valence-corrected chi connectivity index (χ1v) is 5.96. The molecule has 7 heteroatoms. The van der Waals surface area contributed by atoms with Crippen molar-refractivity contribution in [1.29, 1.82) is 0 Å². The first-order chi connectivity index (χ1) is 9.50. The number of nitrogens with two attached hydrogens (primary N) is 1. The van der Waals surface area contributed by atoms with Crippen molar-refractivity contribution >= 4 is 28.9 Å². The molecule has 0 aliphatic rings. The van der Waals surface area contributed by atoms with Gasteiger partial charge in [0.2, 0.25) is 0 Å². The maximum Gasteiger partial charge on any atom is 0.273 e. The Morgan fingerprint density at radius 1 is 1.20 bits per heavy atom. The Kier molecular flexibility index (Phi) is 3.97. The van der Waals surface area contributed by atoms with E-state index < -0.39 is 10.8 Å². The average Bonchev–Trinajstić information content (AvgIpc) is 2.46. The molecule has 2 aromatic rings. The number of amides is 1. The van der Waals surface area contributed by atoms with Crippen LogP contribution in [0.4, 0.5) is 11.4 Å². The van der Waals surface area contributed by atoms with E-state index in [2.05, 4.69) is 0 Å². The van der Waals surface area contributed by atoms with Crippen LogP contribution in [-0.4, -0.2) is 10.8 Å². The van der Waals surface area contributed by atoms with Crippen molar-refractivity contribution in [2.45, 2.75) is 0 Å². The second-order valence-corrected chi connectivity index (χ2v) is 4.34. The lowest BCUT2D eigenvalue weighted by Crippen LogP contribution is -2.37. The first kappa shape index (κ1) is 14.0. The number of anilines is 1. The summed E-state index contributed by atoms with van der Waals surface area (Å²) in [7, 11) is 0. The van der Waals surface area contributed by atoms with Gasteiger partial charge < -0.3 is 0 Å². The zero-order valence-electron chi connectivity index (χ0n) is 10.2. The Morgan fingerprint density at radius 3 is 2.40 bits per heavy atom. The molecule has 0 aliphatic heterocycles. The molecule has 6 nitrogen and oxygen atoms in total. The van der Waals surface area contributed by atoms with Gasteiger partial charge in [-0.15, -0.1) is 0 Å². The number of hydrogen-bond acceptors (Lipinski definition) is 4. The van der Waals surface area contributed by atoms with Crippen molar-refractivity contribution in [3.63, 3.8) is 0 Å². The Labute approximate surface area is 119 Å².